The summed E-state index contributed by atoms with van der Waals surface area (Å²) in [7, 11) is 0. The molecule has 0 aromatic heterocycles. The van der Waals surface area contributed by atoms with E-state index in [-0.39, 0.29) is 6.61 Å². The molecule has 0 unspecified atom stereocenters. The monoisotopic (exact) mass is 185 g/mol. The highest BCUT2D eigenvalue weighted by molar-refractivity contribution is 5.83. The number of fused-ring (bicyclic) bond motifs is 1. The van der Waals surface area contributed by atoms with Gasteiger partial charge in [0.2, 0.25) is 0 Å². The SMILES string of the molecule is O=CCOc1[c]c2ccccc2cc1. The van der Waals surface area contributed by atoms with E-state index < -0.39 is 0 Å². The molecule has 2 nitrogen and oxygen atoms in total. The maximum atomic E-state index is 10.1. The minimum atomic E-state index is 0.0782. The van der Waals surface area contributed by atoms with Crippen molar-refractivity contribution in [1.82, 2.24) is 0 Å². The molecule has 0 atom stereocenters. The maximum absolute atomic E-state index is 10.1. The minimum Gasteiger partial charge on any atom is -0.485 e. The molecule has 0 aliphatic heterocycles. The standard InChI is InChI=1S/C12H9O2/c13-7-8-14-12-6-5-10-3-1-2-4-11(10)9-12/h1-7H,8H2. The number of benzene rings is 2. The van der Waals surface area contributed by atoms with Crippen LogP contribution in [0, 0.1) is 6.07 Å². The van der Waals surface area contributed by atoms with E-state index in [2.05, 4.69) is 6.07 Å². The molecule has 0 amide bonds. The van der Waals surface area contributed by atoms with Crippen LogP contribution in [0.1, 0.15) is 0 Å². The summed E-state index contributed by atoms with van der Waals surface area (Å²) in [5, 5.41) is 2.11. The van der Waals surface area contributed by atoms with Gasteiger partial charge in [-0.15, -0.1) is 0 Å². The van der Waals surface area contributed by atoms with Crippen LogP contribution >= 0.6 is 0 Å². The number of aldehydes is 1. The summed E-state index contributed by atoms with van der Waals surface area (Å²) in [6, 6.07) is 14.7. The lowest BCUT2D eigenvalue weighted by Gasteiger charge is -2.02. The smallest absolute Gasteiger partial charge is 0.157 e. The summed E-state index contributed by atoms with van der Waals surface area (Å²) in [6.45, 7) is 0.0782. The third kappa shape index (κ3) is 1.74. The van der Waals surface area contributed by atoms with Crippen molar-refractivity contribution >= 4 is 17.1 Å². The van der Waals surface area contributed by atoms with Crippen molar-refractivity contribution in [3.8, 4) is 5.75 Å². The highest BCUT2D eigenvalue weighted by Crippen LogP contribution is 2.19. The molecule has 0 aliphatic rings. The maximum Gasteiger partial charge on any atom is 0.157 e. The topological polar surface area (TPSA) is 26.3 Å². The summed E-state index contributed by atoms with van der Waals surface area (Å²) in [4.78, 5) is 10.1. The average Bonchev–Trinajstić information content (AvgIpc) is 2.26. The van der Waals surface area contributed by atoms with Crippen LogP contribution in [-0.2, 0) is 4.79 Å². The number of carbonyl (C=O) groups excluding carboxylic acids is 1. The molecule has 14 heavy (non-hydrogen) atoms. The molecule has 0 saturated carbocycles. The highest BCUT2D eigenvalue weighted by atomic mass is 16.5. The molecule has 0 fully saturated rings. The van der Waals surface area contributed by atoms with Gasteiger partial charge in [0.05, 0.1) is 0 Å². The first-order valence-corrected chi connectivity index (χ1v) is 4.37. The minimum absolute atomic E-state index is 0.0782. The lowest BCUT2D eigenvalue weighted by molar-refractivity contribution is -0.109. The average molecular weight is 185 g/mol. The van der Waals surface area contributed by atoms with E-state index in [1.54, 1.807) is 0 Å². The van der Waals surface area contributed by atoms with Gasteiger partial charge in [-0.3, -0.25) is 4.79 Å². The fourth-order valence-corrected chi connectivity index (χ4v) is 1.30. The van der Waals surface area contributed by atoms with Crippen LogP contribution < -0.4 is 4.74 Å². The van der Waals surface area contributed by atoms with Gasteiger partial charge in [-0.05, 0) is 16.8 Å². The van der Waals surface area contributed by atoms with Crippen LogP contribution in [0.5, 0.6) is 5.75 Å². The largest absolute Gasteiger partial charge is 0.485 e. The summed E-state index contributed by atoms with van der Waals surface area (Å²) in [5.41, 5.74) is 0. The van der Waals surface area contributed by atoms with Crippen LogP contribution in [0.4, 0.5) is 0 Å². The molecule has 0 spiro atoms. The quantitative estimate of drug-likeness (QED) is 0.685. The van der Waals surface area contributed by atoms with Crippen LogP contribution in [0.3, 0.4) is 0 Å². The summed E-state index contributed by atoms with van der Waals surface area (Å²) < 4.78 is 5.14. The van der Waals surface area contributed by atoms with Crippen LogP contribution in [0.2, 0.25) is 0 Å². The molecule has 2 rings (SSSR count). The Balaban J connectivity index is 2.36. The molecule has 2 aromatic carbocycles. The number of rotatable bonds is 3. The number of ether oxygens (including phenoxy) is 1. The van der Waals surface area contributed by atoms with E-state index in [1.165, 1.54) is 0 Å². The molecule has 0 aliphatic carbocycles. The fraction of sp³-hybridized carbons (Fsp3) is 0.0833. The number of hydrogen-bond donors (Lipinski definition) is 0. The van der Waals surface area contributed by atoms with Crippen molar-refractivity contribution in [2.45, 2.75) is 0 Å². The second kappa shape index (κ2) is 3.92. The van der Waals surface area contributed by atoms with Crippen LogP contribution in [0.25, 0.3) is 10.8 Å². The molecule has 0 heterocycles. The predicted molar refractivity (Wildman–Crippen MR) is 54.3 cm³/mol. The second-order valence-corrected chi connectivity index (χ2v) is 2.89. The summed E-state index contributed by atoms with van der Waals surface area (Å²) >= 11 is 0. The fourth-order valence-electron chi connectivity index (χ4n) is 1.30. The first kappa shape index (κ1) is 8.75. The third-order valence-corrected chi connectivity index (χ3v) is 1.94. The van der Waals surface area contributed by atoms with E-state index in [9.17, 15) is 4.79 Å². The molecule has 2 heteroatoms. The third-order valence-electron chi connectivity index (χ3n) is 1.94. The zero-order chi connectivity index (χ0) is 9.80. The van der Waals surface area contributed by atoms with Gasteiger partial charge in [0.25, 0.3) is 0 Å². The van der Waals surface area contributed by atoms with Crippen molar-refractivity contribution in [1.29, 1.82) is 0 Å². The van der Waals surface area contributed by atoms with Crippen molar-refractivity contribution in [2.24, 2.45) is 0 Å². The Bertz CT molecular complexity index is 449. The Morgan fingerprint density at radius 3 is 2.93 bits per heavy atom. The Kier molecular flexibility index (Phi) is 2.45. The van der Waals surface area contributed by atoms with Gasteiger partial charge in [-0.2, -0.15) is 0 Å². The Labute approximate surface area is 82.1 Å². The first-order chi connectivity index (χ1) is 6.90. The van der Waals surface area contributed by atoms with Gasteiger partial charge in [0.15, 0.2) is 6.29 Å². The molecule has 0 saturated heterocycles. The molecule has 0 bridgehead atoms. The predicted octanol–water partition coefficient (Wildman–Crippen LogP) is 2.22. The van der Waals surface area contributed by atoms with Crippen LogP contribution in [0.15, 0.2) is 36.4 Å². The molecule has 2 aromatic rings. The normalized spacial score (nSPS) is 10.0. The van der Waals surface area contributed by atoms with Gasteiger partial charge >= 0.3 is 0 Å². The van der Waals surface area contributed by atoms with E-state index in [0.717, 1.165) is 17.1 Å². The molecule has 69 valence electrons. The van der Waals surface area contributed by atoms with Crippen molar-refractivity contribution < 1.29 is 9.53 Å². The van der Waals surface area contributed by atoms with Gasteiger partial charge in [0, 0.05) is 6.07 Å². The van der Waals surface area contributed by atoms with Crippen molar-refractivity contribution in [3.63, 3.8) is 0 Å². The lowest BCUT2D eigenvalue weighted by Crippen LogP contribution is -1.97. The summed E-state index contributed by atoms with van der Waals surface area (Å²) in [5.74, 6) is 0.607. The van der Waals surface area contributed by atoms with E-state index in [0.29, 0.717) is 5.75 Å². The Hall–Kier alpha value is -1.83. The highest BCUT2D eigenvalue weighted by Gasteiger charge is 1.96. The first-order valence-electron chi connectivity index (χ1n) is 4.37. The van der Waals surface area contributed by atoms with Gasteiger partial charge in [-0.25, -0.2) is 0 Å². The Morgan fingerprint density at radius 2 is 2.07 bits per heavy atom. The van der Waals surface area contributed by atoms with Crippen LogP contribution in [-0.4, -0.2) is 12.9 Å². The molecular weight excluding hydrogens is 176 g/mol. The molecular formula is C12H9O2. The summed E-state index contributed by atoms with van der Waals surface area (Å²) in [6.07, 6.45) is 0.725. The van der Waals surface area contributed by atoms with E-state index >= 15 is 0 Å². The zero-order valence-corrected chi connectivity index (χ0v) is 7.57. The molecule has 0 N–H and O–H groups in total. The number of carbonyl (C=O) groups is 1. The Morgan fingerprint density at radius 1 is 1.21 bits per heavy atom. The number of hydrogen-bond acceptors (Lipinski definition) is 2. The molecule has 1 radical (unpaired) electrons. The second-order valence-electron chi connectivity index (χ2n) is 2.89. The van der Waals surface area contributed by atoms with E-state index in [4.69, 9.17) is 4.74 Å². The van der Waals surface area contributed by atoms with Gasteiger partial charge in [0.1, 0.15) is 12.4 Å². The zero-order valence-electron chi connectivity index (χ0n) is 7.57. The van der Waals surface area contributed by atoms with E-state index in [1.807, 2.05) is 36.4 Å². The van der Waals surface area contributed by atoms with Crippen molar-refractivity contribution in [2.75, 3.05) is 6.61 Å². The van der Waals surface area contributed by atoms with Crippen molar-refractivity contribution in [3.05, 3.63) is 42.5 Å². The van der Waals surface area contributed by atoms with Gasteiger partial charge in [-0.1, -0.05) is 30.3 Å². The lowest BCUT2D eigenvalue weighted by atomic mass is 10.1. The van der Waals surface area contributed by atoms with Gasteiger partial charge < -0.3 is 4.74 Å².